The monoisotopic (exact) mass is 300 g/mol. The molecule has 112 valence electrons. The fourth-order valence-electron chi connectivity index (χ4n) is 1.84. The average Bonchev–Trinajstić information content (AvgIpc) is 2.83. The van der Waals surface area contributed by atoms with Gasteiger partial charge in [0.15, 0.2) is 0 Å². The molecule has 0 aliphatic heterocycles. The van der Waals surface area contributed by atoms with E-state index in [0.29, 0.717) is 11.1 Å². The lowest BCUT2D eigenvalue weighted by Crippen LogP contribution is -2.17. The van der Waals surface area contributed by atoms with E-state index in [0.717, 1.165) is 4.68 Å². The first kappa shape index (κ1) is 14.9. The molecular weight excluding hydrogens is 289 g/mol. The Balaban J connectivity index is 2.36. The van der Waals surface area contributed by atoms with Crippen LogP contribution >= 0.6 is 0 Å². The van der Waals surface area contributed by atoms with Crippen molar-refractivity contribution in [1.29, 1.82) is 0 Å². The number of carbonyl (C=O) groups is 1. The average molecular weight is 300 g/mol. The number of ether oxygens (including phenoxy) is 1. The first-order valence-corrected chi connectivity index (χ1v) is 5.81. The van der Waals surface area contributed by atoms with E-state index in [4.69, 9.17) is 9.84 Å². The largest absolute Gasteiger partial charge is 0.496 e. The van der Waals surface area contributed by atoms with Gasteiger partial charge in [-0.3, -0.25) is 4.68 Å². The minimum absolute atomic E-state index is 0.0262. The number of hydrogen-bond donors (Lipinski definition) is 1. The standard InChI is InChI=1S/C13H11F3N2O3/c1-21-11-4-8(12(19)20)2-3-10(11)9-5-17-18(6-9)7-13(14,15)16/h2-6H,7H2,1H3,(H,19,20). The van der Waals surface area contributed by atoms with Crippen LogP contribution in [0.25, 0.3) is 11.1 Å². The topological polar surface area (TPSA) is 64.3 Å². The Hall–Kier alpha value is -2.51. The molecule has 1 heterocycles. The van der Waals surface area contributed by atoms with Gasteiger partial charge in [0.25, 0.3) is 0 Å². The summed E-state index contributed by atoms with van der Waals surface area (Å²) in [5.74, 6) is -0.867. The van der Waals surface area contributed by atoms with Crippen molar-refractivity contribution in [2.45, 2.75) is 12.7 Å². The number of aromatic nitrogens is 2. The second kappa shape index (κ2) is 5.47. The third kappa shape index (κ3) is 3.53. The van der Waals surface area contributed by atoms with Gasteiger partial charge >= 0.3 is 12.1 Å². The summed E-state index contributed by atoms with van der Waals surface area (Å²) in [7, 11) is 1.35. The molecule has 1 aromatic heterocycles. The maximum atomic E-state index is 12.3. The maximum absolute atomic E-state index is 12.3. The van der Waals surface area contributed by atoms with Gasteiger partial charge < -0.3 is 9.84 Å². The minimum atomic E-state index is -4.36. The van der Waals surface area contributed by atoms with Crippen LogP contribution in [0, 0.1) is 0 Å². The third-order valence-corrected chi connectivity index (χ3v) is 2.73. The zero-order valence-corrected chi connectivity index (χ0v) is 10.9. The lowest BCUT2D eigenvalue weighted by molar-refractivity contribution is -0.142. The van der Waals surface area contributed by atoms with Crippen molar-refractivity contribution >= 4 is 5.97 Å². The Morgan fingerprint density at radius 3 is 2.71 bits per heavy atom. The van der Waals surface area contributed by atoms with Gasteiger partial charge in [0, 0.05) is 17.3 Å². The highest BCUT2D eigenvalue weighted by Gasteiger charge is 2.28. The predicted octanol–water partition coefficient (Wildman–Crippen LogP) is 2.82. The molecule has 21 heavy (non-hydrogen) atoms. The van der Waals surface area contributed by atoms with Crippen LogP contribution in [0.1, 0.15) is 10.4 Å². The van der Waals surface area contributed by atoms with E-state index >= 15 is 0 Å². The quantitative estimate of drug-likeness (QED) is 0.943. The van der Waals surface area contributed by atoms with Gasteiger partial charge in [-0.25, -0.2) is 4.79 Å². The van der Waals surface area contributed by atoms with Gasteiger partial charge in [0.1, 0.15) is 12.3 Å². The second-order valence-corrected chi connectivity index (χ2v) is 4.26. The van der Waals surface area contributed by atoms with Gasteiger partial charge in [-0.05, 0) is 18.2 Å². The number of methoxy groups -OCH3 is 1. The van der Waals surface area contributed by atoms with Gasteiger partial charge in [-0.15, -0.1) is 0 Å². The van der Waals surface area contributed by atoms with E-state index in [1.54, 1.807) is 0 Å². The smallest absolute Gasteiger partial charge is 0.408 e. The van der Waals surface area contributed by atoms with Crippen LogP contribution in [0.5, 0.6) is 5.75 Å². The molecule has 0 saturated carbocycles. The molecular formula is C13H11F3N2O3. The molecule has 0 aliphatic carbocycles. The van der Waals surface area contributed by atoms with Crippen molar-refractivity contribution in [2.24, 2.45) is 0 Å². The number of aromatic carboxylic acids is 1. The van der Waals surface area contributed by atoms with Crippen molar-refractivity contribution < 1.29 is 27.8 Å². The van der Waals surface area contributed by atoms with E-state index < -0.39 is 18.7 Å². The molecule has 0 bridgehead atoms. The van der Waals surface area contributed by atoms with E-state index in [9.17, 15) is 18.0 Å². The maximum Gasteiger partial charge on any atom is 0.408 e. The first-order chi connectivity index (χ1) is 9.80. The molecule has 0 atom stereocenters. The van der Waals surface area contributed by atoms with Crippen molar-refractivity contribution in [3.8, 4) is 16.9 Å². The van der Waals surface area contributed by atoms with Crippen molar-refractivity contribution in [3.63, 3.8) is 0 Å². The number of rotatable bonds is 4. The number of benzene rings is 1. The molecule has 2 aromatic rings. The normalized spacial score (nSPS) is 11.4. The highest BCUT2D eigenvalue weighted by atomic mass is 19.4. The van der Waals surface area contributed by atoms with Gasteiger partial charge in [0.2, 0.25) is 0 Å². The number of nitrogens with zero attached hydrogens (tertiary/aromatic N) is 2. The Morgan fingerprint density at radius 2 is 2.14 bits per heavy atom. The number of carboxylic acid groups (broad SMARTS) is 1. The molecule has 0 aliphatic rings. The van der Waals surface area contributed by atoms with Crippen LogP contribution < -0.4 is 4.74 Å². The van der Waals surface area contributed by atoms with Crippen LogP contribution in [-0.2, 0) is 6.54 Å². The lowest BCUT2D eigenvalue weighted by Gasteiger charge is -2.08. The fourth-order valence-corrected chi connectivity index (χ4v) is 1.84. The Kier molecular flexibility index (Phi) is 3.88. The molecule has 0 saturated heterocycles. The molecule has 0 spiro atoms. The summed E-state index contributed by atoms with van der Waals surface area (Å²) < 4.78 is 42.7. The molecule has 1 aromatic carbocycles. The van der Waals surface area contributed by atoms with E-state index in [1.165, 1.54) is 37.7 Å². The second-order valence-electron chi connectivity index (χ2n) is 4.26. The van der Waals surface area contributed by atoms with Crippen molar-refractivity contribution in [2.75, 3.05) is 7.11 Å². The molecule has 8 heteroatoms. The molecule has 1 N–H and O–H groups in total. The highest BCUT2D eigenvalue weighted by Crippen LogP contribution is 2.31. The minimum Gasteiger partial charge on any atom is -0.496 e. The SMILES string of the molecule is COc1cc(C(=O)O)ccc1-c1cnn(CC(F)(F)F)c1. The molecule has 0 radical (unpaired) electrons. The Labute approximate surface area is 117 Å². The van der Waals surface area contributed by atoms with Gasteiger partial charge in [0.05, 0.1) is 18.9 Å². The van der Waals surface area contributed by atoms with Crippen LogP contribution in [0.2, 0.25) is 0 Å². The van der Waals surface area contributed by atoms with Gasteiger partial charge in [-0.1, -0.05) is 0 Å². The van der Waals surface area contributed by atoms with Crippen molar-refractivity contribution in [3.05, 3.63) is 36.2 Å². The van der Waals surface area contributed by atoms with E-state index in [-0.39, 0.29) is 11.3 Å². The first-order valence-electron chi connectivity index (χ1n) is 5.81. The zero-order valence-electron chi connectivity index (χ0n) is 10.9. The number of alkyl halides is 3. The van der Waals surface area contributed by atoms with Crippen LogP contribution in [0.3, 0.4) is 0 Å². The fraction of sp³-hybridized carbons (Fsp3) is 0.231. The highest BCUT2D eigenvalue weighted by molar-refractivity contribution is 5.89. The molecule has 0 fully saturated rings. The van der Waals surface area contributed by atoms with Crippen molar-refractivity contribution in [1.82, 2.24) is 9.78 Å². The van der Waals surface area contributed by atoms with Crippen LogP contribution in [-0.4, -0.2) is 34.1 Å². The summed E-state index contributed by atoms with van der Waals surface area (Å²) in [6.07, 6.45) is -1.86. The molecule has 0 unspecified atom stereocenters. The van der Waals surface area contributed by atoms with Gasteiger partial charge in [-0.2, -0.15) is 18.3 Å². The van der Waals surface area contributed by atoms with E-state index in [2.05, 4.69) is 5.10 Å². The summed E-state index contributed by atoms with van der Waals surface area (Å²) in [6.45, 7) is -1.19. The third-order valence-electron chi connectivity index (χ3n) is 2.73. The molecule has 0 amide bonds. The van der Waals surface area contributed by atoms with E-state index in [1.807, 2.05) is 0 Å². The molecule has 2 rings (SSSR count). The predicted molar refractivity (Wildman–Crippen MR) is 67.2 cm³/mol. The van der Waals surface area contributed by atoms with Crippen LogP contribution in [0.4, 0.5) is 13.2 Å². The summed E-state index contributed by atoms with van der Waals surface area (Å²) in [5.41, 5.74) is 0.905. The summed E-state index contributed by atoms with van der Waals surface area (Å²) in [4.78, 5) is 10.9. The number of carboxylic acids is 1. The summed E-state index contributed by atoms with van der Waals surface area (Å²) in [5, 5.41) is 12.5. The molecule has 5 nitrogen and oxygen atoms in total. The summed E-state index contributed by atoms with van der Waals surface area (Å²) in [6, 6.07) is 4.12. The van der Waals surface area contributed by atoms with Crippen LogP contribution in [0.15, 0.2) is 30.6 Å². The Morgan fingerprint density at radius 1 is 1.43 bits per heavy atom. The zero-order chi connectivity index (χ0) is 15.6. The summed E-state index contributed by atoms with van der Waals surface area (Å²) >= 11 is 0. The number of halogens is 3. The Bertz CT molecular complexity index is 665. The lowest BCUT2D eigenvalue weighted by atomic mass is 10.1. The number of hydrogen-bond acceptors (Lipinski definition) is 3.